The minimum atomic E-state index is 0.132. The average molecular weight is 316 g/mol. The van der Waals surface area contributed by atoms with Gasteiger partial charge < -0.3 is 14.5 Å². The summed E-state index contributed by atoms with van der Waals surface area (Å²) in [6.07, 6.45) is 6.78. The topological polar surface area (TPSA) is 32.8 Å². The third-order valence-corrected chi connectivity index (χ3v) is 4.35. The van der Waals surface area contributed by atoms with Crippen molar-refractivity contribution < 1.29 is 9.53 Å². The minimum absolute atomic E-state index is 0.132. The van der Waals surface area contributed by atoms with E-state index in [1.54, 1.807) is 13.2 Å². The van der Waals surface area contributed by atoms with E-state index >= 15 is 0 Å². The highest BCUT2D eigenvalue weighted by Gasteiger charge is 2.22. The quantitative estimate of drug-likeness (QED) is 0.783. The molecule has 126 valence electrons. The number of para-hydroxylation sites is 1. The van der Waals surface area contributed by atoms with Crippen LogP contribution in [-0.2, 0) is 4.79 Å². The molecule has 1 amide bonds. The molecule has 0 spiro atoms. The maximum absolute atomic E-state index is 12.3. The first-order valence-corrected chi connectivity index (χ1v) is 8.35. The molecule has 1 aromatic carbocycles. The smallest absolute Gasteiger partial charge is 0.246 e. The van der Waals surface area contributed by atoms with Crippen LogP contribution in [0.1, 0.15) is 30.7 Å². The van der Waals surface area contributed by atoms with E-state index in [-0.39, 0.29) is 5.91 Å². The van der Waals surface area contributed by atoms with Gasteiger partial charge in [0.05, 0.1) is 7.11 Å². The Morgan fingerprint density at radius 2 is 2.09 bits per heavy atom. The van der Waals surface area contributed by atoms with Crippen LogP contribution in [0, 0.1) is 0 Å². The fraction of sp³-hybridized carbons (Fsp3) is 0.526. The fourth-order valence-electron chi connectivity index (χ4n) is 3.10. The number of hydrogen-bond acceptors (Lipinski definition) is 3. The normalized spacial score (nSPS) is 19.1. The van der Waals surface area contributed by atoms with Crippen LogP contribution in [-0.4, -0.2) is 56.5 Å². The maximum Gasteiger partial charge on any atom is 0.246 e. The van der Waals surface area contributed by atoms with Crippen molar-refractivity contribution in [2.75, 3.05) is 40.8 Å². The number of likely N-dealkylation sites (tertiary alicyclic amines) is 1. The van der Waals surface area contributed by atoms with Crippen molar-refractivity contribution in [3.63, 3.8) is 0 Å². The second-order valence-electron chi connectivity index (χ2n) is 6.36. The zero-order valence-corrected chi connectivity index (χ0v) is 14.5. The molecule has 1 atom stereocenters. The van der Waals surface area contributed by atoms with E-state index in [9.17, 15) is 4.79 Å². The lowest BCUT2D eigenvalue weighted by atomic mass is 9.91. The molecule has 0 bridgehead atoms. The van der Waals surface area contributed by atoms with Gasteiger partial charge in [0, 0.05) is 25.7 Å². The zero-order valence-electron chi connectivity index (χ0n) is 14.5. The first kappa shape index (κ1) is 17.5. The Labute approximate surface area is 139 Å². The van der Waals surface area contributed by atoms with Crippen LogP contribution in [0.25, 0.3) is 0 Å². The number of rotatable bonds is 5. The highest BCUT2D eigenvalue weighted by Crippen LogP contribution is 2.33. The summed E-state index contributed by atoms with van der Waals surface area (Å²) in [5.74, 6) is 1.56. The van der Waals surface area contributed by atoms with Gasteiger partial charge in [-0.1, -0.05) is 24.3 Å². The van der Waals surface area contributed by atoms with Gasteiger partial charge in [-0.05, 0) is 50.9 Å². The van der Waals surface area contributed by atoms with Crippen LogP contribution in [0.2, 0.25) is 0 Å². The second kappa shape index (κ2) is 8.73. The molecule has 0 aromatic heterocycles. The molecule has 0 radical (unpaired) electrons. The van der Waals surface area contributed by atoms with Crippen LogP contribution in [0.15, 0.2) is 36.4 Å². The average Bonchev–Trinajstić information content (AvgIpc) is 2.80. The summed E-state index contributed by atoms with van der Waals surface area (Å²) in [6.45, 7) is 2.45. The molecule has 1 unspecified atom stereocenters. The number of benzene rings is 1. The van der Waals surface area contributed by atoms with Gasteiger partial charge >= 0.3 is 0 Å². The number of hydrogen-bond donors (Lipinski definition) is 0. The van der Waals surface area contributed by atoms with Crippen molar-refractivity contribution in [3.8, 4) is 5.75 Å². The predicted molar refractivity (Wildman–Crippen MR) is 93.9 cm³/mol. The largest absolute Gasteiger partial charge is 0.496 e. The molecular formula is C19H28N2O2. The van der Waals surface area contributed by atoms with Crippen molar-refractivity contribution in [1.82, 2.24) is 9.80 Å². The first-order valence-electron chi connectivity index (χ1n) is 8.35. The van der Waals surface area contributed by atoms with Crippen LogP contribution in [0.3, 0.4) is 0 Å². The van der Waals surface area contributed by atoms with Gasteiger partial charge in [-0.25, -0.2) is 0 Å². The van der Waals surface area contributed by atoms with Crippen molar-refractivity contribution in [2.24, 2.45) is 0 Å². The summed E-state index contributed by atoms with van der Waals surface area (Å²) < 4.78 is 5.49. The number of amides is 1. The molecule has 4 heteroatoms. The maximum atomic E-state index is 12.3. The molecule has 1 fully saturated rings. The van der Waals surface area contributed by atoms with Gasteiger partial charge in [0.2, 0.25) is 5.91 Å². The molecule has 0 saturated carbocycles. The fourth-order valence-corrected chi connectivity index (χ4v) is 3.10. The van der Waals surface area contributed by atoms with Gasteiger partial charge in [-0.3, -0.25) is 4.79 Å². The molecule has 1 aromatic rings. The van der Waals surface area contributed by atoms with Crippen LogP contribution >= 0.6 is 0 Å². The number of carbonyl (C=O) groups excluding carboxylic acids is 1. The summed E-state index contributed by atoms with van der Waals surface area (Å²) >= 11 is 0. The third kappa shape index (κ3) is 5.10. The standard InChI is InChI=1S/C19H28N2O2/c1-20(2)13-7-11-19(22)21-14-6-8-16(12-15-21)17-9-4-5-10-18(17)23-3/h4-5,7,9-11,16H,6,8,12-15H2,1-3H3/b11-7+. The Kier molecular flexibility index (Phi) is 6.66. The van der Waals surface area contributed by atoms with Gasteiger partial charge in [0.15, 0.2) is 0 Å². The summed E-state index contributed by atoms with van der Waals surface area (Å²) in [7, 11) is 5.72. The molecular weight excluding hydrogens is 288 g/mol. The lowest BCUT2D eigenvalue weighted by Gasteiger charge is -2.20. The van der Waals surface area contributed by atoms with Crippen LogP contribution in [0.5, 0.6) is 5.75 Å². The van der Waals surface area contributed by atoms with Crippen LogP contribution < -0.4 is 4.74 Å². The monoisotopic (exact) mass is 316 g/mol. The van der Waals surface area contributed by atoms with E-state index < -0.39 is 0 Å². The summed E-state index contributed by atoms with van der Waals surface area (Å²) in [5.41, 5.74) is 1.27. The summed E-state index contributed by atoms with van der Waals surface area (Å²) in [4.78, 5) is 16.3. The molecule has 1 aliphatic heterocycles. The number of ether oxygens (including phenoxy) is 1. The lowest BCUT2D eigenvalue weighted by Crippen LogP contribution is -2.30. The Hall–Kier alpha value is -1.81. The van der Waals surface area contributed by atoms with Crippen LogP contribution in [0.4, 0.5) is 0 Å². The molecule has 23 heavy (non-hydrogen) atoms. The Morgan fingerprint density at radius 1 is 1.30 bits per heavy atom. The molecule has 1 heterocycles. The SMILES string of the molecule is COc1ccccc1C1CCCN(C(=O)/C=C/CN(C)C)CC1. The first-order chi connectivity index (χ1) is 11.1. The van der Waals surface area contributed by atoms with Crippen molar-refractivity contribution in [3.05, 3.63) is 42.0 Å². The predicted octanol–water partition coefficient (Wildman–Crippen LogP) is 2.91. The van der Waals surface area contributed by atoms with Gasteiger partial charge in [-0.2, -0.15) is 0 Å². The van der Waals surface area contributed by atoms with E-state index in [1.807, 2.05) is 42.1 Å². The molecule has 1 saturated heterocycles. The third-order valence-electron chi connectivity index (χ3n) is 4.35. The summed E-state index contributed by atoms with van der Waals surface area (Å²) in [6, 6.07) is 8.24. The van der Waals surface area contributed by atoms with E-state index in [4.69, 9.17) is 4.74 Å². The minimum Gasteiger partial charge on any atom is -0.496 e. The van der Waals surface area contributed by atoms with Gasteiger partial charge in [-0.15, -0.1) is 0 Å². The molecule has 4 nitrogen and oxygen atoms in total. The van der Waals surface area contributed by atoms with Crippen molar-refractivity contribution in [1.29, 1.82) is 0 Å². The molecule has 0 N–H and O–H groups in total. The second-order valence-corrected chi connectivity index (χ2v) is 6.36. The lowest BCUT2D eigenvalue weighted by molar-refractivity contribution is -0.126. The number of likely N-dealkylation sites (N-methyl/N-ethyl adjacent to an activating group) is 1. The molecule has 1 aliphatic rings. The number of carbonyl (C=O) groups is 1. The van der Waals surface area contributed by atoms with Crippen molar-refractivity contribution in [2.45, 2.75) is 25.2 Å². The Bertz CT molecular complexity index is 540. The van der Waals surface area contributed by atoms with E-state index in [2.05, 4.69) is 12.1 Å². The zero-order chi connectivity index (χ0) is 16.7. The Morgan fingerprint density at radius 3 is 2.83 bits per heavy atom. The van der Waals surface area contributed by atoms with Gasteiger partial charge in [0.1, 0.15) is 5.75 Å². The Balaban J connectivity index is 1.97. The highest BCUT2D eigenvalue weighted by molar-refractivity contribution is 5.87. The summed E-state index contributed by atoms with van der Waals surface area (Å²) in [5, 5.41) is 0. The molecule has 2 rings (SSSR count). The van der Waals surface area contributed by atoms with Crippen molar-refractivity contribution >= 4 is 5.91 Å². The van der Waals surface area contributed by atoms with E-state index in [0.717, 1.165) is 44.6 Å². The van der Waals surface area contributed by atoms with E-state index in [0.29, 0.717) is 5.92 Å². The van der Waals surface area contributed by atoms with E-state index in [1.165, 1.54) is 5.56 Å². The highest BCUT2D eigenvalue weighted by atomic mass is 16.5. The van der Waals surface area contributed by atoms with Gasteiger partial charge in [0.25, 0.3) is 0 Å². The number of nitrogens with zero attached hydrogens (tertiary/aromatic N) is 2. The number of methoxy groups -OCH3 is 1. The molecule has 0 aliphatic carbocycles.